The van der Waals surface area contributed by atoms with E-state index in [4.69, 9.17) is 16.3 Å². The third-order valence-corrected chi connectivity index (χ3v) is 2.85. The number of ether oxygens (including phenoxy) is 1. The van der Waals surface area contributed by atoms with E-state index in [-0.39, 0.29) is 6.61 Å². The summed E-state index contributed by atoms with van der Waals surface area (Å²) in [5.41, 5.74) is 0. The fourth-order valence-corrected chi connectivity index (χ4v) is 1.71. The van der Waals surface area contributed by atoms with Crippen molar-refractivity contribution in [2.24, 2.45) is 7.05 Å². The Balaban J connectivity index is 1.83. The number of imidazole rings is 1. The second kappa shape index (κ2) is 5.89. The number of hydrogen-bond acceptors (Lipinski definition) is 3. The number of aliphatic hydroxyl groups is 1. The van der Waals surface area contributed by atoms with Crippen molar-refractivity contribution < 1.29 is 9.84 Å². The molecule has 0 aliphatic carbocycles. The Morgan fingerprint density at radius 1 is 1.39 bits per heavy atom. The average Bonchev–Trinajstić information content (AvgIpc) is 2.74. The van der Waals surface area contributed by atoms with Gasteiger partial charge in [-0.3, -0.25) is 0 Å². The molecule has 2 rings (SSSR count). The first kappa shape index (κ1) is 12.9. The Kier molecular flexibility index (Phi) is 4.23. The van der Waals surface area contributed by atoms with Gasteiger partial charge in [-0.05, 0) is 24.3 Å². The summed E-state index contributed by atoms with van der Waals surface area (Å²) in [7, 11) is 1.90. The summed E-state index contributed by atoms with van der Waals surface area (Å²) in [6.45, 7) is 0.231. The Morgan fingerprint density at radius 2 is 2.11 bits per heavy atom. The van der Waals surface area contributed by atoms with Gasteiger partial charge in [0.1, 0.15) is 18.2 Å². The van der Waals surface area contributed by atoms with E-state index in [2.05, 4.69) is 4.98 Å². The molecule has 0 saturated heterocycles. The zero-order chi connectivity index (χ0) is 13.0. The number of hydrogen-bond donors (Lipinski definition) is 1. The van der Waals surface area contributed by atoms with Crippen molar-refractivity contribution in [3.05, 3.63) is 47.5 Å². The van der Waals surface area contributed by atoms with Crippen LogP contribution < -0.4 is 4.74 Å². The van der Waals surface area contributed by atoms with Crippen LogP contribution in [0.1, 0.15) is 5.82 Å². The molecule has 1 unspecified atom stereocenters. The highest BCUT2D eigenvalue weighted by atomic mass is 35.5. The molecule has 18 heavy (non-hydrogen) atoms. The lowest BCUT2D eigenvalue weighted by molar-refractivity contribution is 0.105. The van der Waals surface area contributed by atoms with Gasteiger partial charge in [0.15, 0.2) is 0 Å². The normalized spacial score (nSPS) is 12.4. The van der Waals surface area contributed by atoms with E-state index in [1.807, 2.05) is 17.8 Å². The Labute approximate surface area is 111 Å². The number of aryl methyl sites for hydroxylation is 1. The number of halogens is 1. The summed E-state index contributed by atoms with van der Waals surface area (Å²) in [6.07, 6.45) is 3.45. The van der Waals surface area contributed by atoms with Gasteiger partial charge in [0.05, 0.1) is 6.10 Å². The number of aliphatic hydroxyl groups excluding tert-OH is 1. The largest absolute Gasteiger partial charge is 0.491 e. The molecule has 96 valence electrons. The third-order valence-electron chi connectivity index (χ3n) is 2.60. The summed E-state index contributed by atoms with van der Waals surface area (Å²) < 4.78 is 7.35. The maximum absolute atomic E-state index is 9.86. The summed E-state index contributed by atoms with van der Waals surface area (Å²) in [5, 5.41) is 10.5. The first-order valence-electron chi connectivity index (χ1n) is 5.68. The van der Waals surface area contributed by atoms with Gasteiger partial charge in [0, 0.05) is 30.9 Å². The molecule has 1 N–H and O–H groups in total. The van der Waals surface area contributed by atoms with Crippen LogP contribution in [0.5, 0.6) is 5.75 Å². The molecule has 0 fully saturated rings. The molecule has 0 aliphatic heterocycles. The molecule has 1 atom stereocenters. The third kappa shape index (κ3) is 3.48. The summed E-state index contributed by atoms with van der Waals surface area (Å²) in [6, 6.07) is 7.05. The first-order chi connectivity index (χ1) is 8.65. The molecule has 1 aromatic heterocycles. The predicted molar refractivity (Wildman–Crippen MR) is 69.9 cm³/mol. The van der Waals surface area contributed by atoms with Crippen LogP contribution in [0.3, 0.4) is 0 Å². The maximum Gasteiger partial charge on any atom is 0.119 e. The second-order valence-electron chi connectivity index (χ2n) is 4.08. The standard InChI is InChI=1S/C13H15ClN2O2/c1-16-7-6-15-13(16)8-11(17)9-18-12-4-2-10(14)3-5-12/h2-7,11,17H,8-9H2,1H3. The van der Waals surface area contributed by atoms with Gasteiger partial charge in [-0.15, -0.1) is 0 Å². The lowest BCUT2D eigenvalue weighted by Crippen LogP contribution is -2.21. The van der Waals surface area contributed by atoms with Gasteiger partial charge in [-0.25, -0.2) is 4.98 Å². The van der Waals surface area contributed by atoms with E-state index in [9.17, 15) is 5.11 Å². The molecule has 0 saturated carbocycles. The minimum absolute atomic E-state index is 0.231. The van der Waals surface area contributed by atoms with Crippen molar-refractivity contribution in [3.63, 3.8) is 0 Å². The van der Waals surface area contributed by atoms with Crippen LogP contribution >= 0.6 is 11.6 Å². The first-order valence-corrected chi connectivity index (χ1v) is 6.05. The summed E-state index contributed by atoms with van der Waals surface area (Å²) in [4.78, 5) is 4.15. The Morgan fingerprint density at radius 3 is 2.72 bits per heavy atom. The van der Waals surface area contributed by atoms with E-state index >= 15 is 0 Å². The van der Waals surface area contributed by atoms with Crippen LogP contribution in [0.4, 0.5) is 0 Å². The highest BCUT2D eigenvalue weighted by Crippen LogP contribution is 2.15. The molecule has 0 radical (unpaired) electrons. The number of rotatable bonds is 5. The molecule has 0 amide bonds. The number of nitrogens with zero attached hydrogens (tertiary/aromatic N) is 2. The van der Waals surface area contributed by atoms with Crippen LogP contribution in [0.25, 0.3) is 0 Å². The summed E-state index contributed by atoms with van der Waals surface area (Å²) >= 11 is 5.77. The van der Waals surface area contributed by atoms with E-state index < -0.39 is 6.10 Å². The van der Waals surface area contributed by atoms with Crippen molar-refractivity contribution in [2.45, 2.75) is 12.5 Å². The van der Waals surface area contributed by atoms with E-state index in [1.165, 1.54) is 0 Å². The highest BCUT2D eigenvalue weighted by molar-refractivity contribution is 6.30. The number of benzene rings is 1. The average molecular weight is 267 g/mol. The smallest absolute Gasteiger partial charge is 0.119 e. The fraction of sp³-hybridized carbons (Fsp3) is 0.308. The van der Waals surface area contributed by atoms with E-state index in [1.54, 1.807) is 30.5 Å². The fourth-order valence-electron chi connectivity index (χ4n) is 1.59. The molecule has 1 heterocycles. The van der Waals surface area contributed by atoms with Crippen molar-refractivity contribution in [2.75, 3.05) is 6.61 Å². The van der Waals surface area contributed by atoms with Gasteiger partial charge in [0.25, 0.3) is 0 Å². The molecule has 0 aliphatic rings. The van der Waals surface area contributed by atoms with Crippen LogP contribution in [-0.2, 0) is 13.5 Å². The van der Waals surface area contributed by atoms with Crippen molar-refractivity contribution in [1.29, 1.82) is 0 Å². The Hall–Kier alpha value is -1.52. The molecular weight excluding hydrogens is 252 g/mol. The molecule has 1 aromatic carbocycles. The zero-order valence-electron chi connectivity index (χ0n) is 10.1. The second-order valence-corrected chi connectivity index (χ2v) is 4.51. The maximum atomic E-state index is 9.86. The van der Waals surface area contributed by atoms with Crippen molar-refractivity contribution in [1.82, 2.24) is 9.55 Å². The lowest BCUT2D eigenvalue weighted by Gasteiger charge is -2.12. The predicted octanol–water partition coefficient (Wildman–Crippen LogP) is 2.06. The quantitative estimate of drug-likeness (QED) is 0.901. The minimum atomic E-state index is -0.582. The van der Waals surface area contributed by atoms with Gasteiger partial charge in [0.2, 0.25) is 0 Å². The van der Waals surface area contributed by atoms with Crippen LogP contribution in [0.2, 0.25) is 5.02 Å². The monoisotopic (exact) mass is 266 g/mol. The zero-order valence-corrected chi connectivity index (χ0v) is 10.8. The molecular formula is C13H15ClN2O2. The minimum Gasteiger partial charge on any atom is -0.491 e. The van der Waals surface area contributed by atoms with Gasteiger partial charge < -0.3 is 14.4 Å². The molecule has 0 bridgehead atoms. The van der Waals surface area contributed by atoms with Gasteiger partial charge in [-0.2, -0.15) is 0 Å². The van der Waals surface area contributed by atoms with Crippen LogP contribution in [0, 0.1) is 0 Å². The van der Waals surface area contributed by atoms with Gasteiger partial charge >= 0.3 is 0 Å². The van der Waals surface area contributed by atoms with E-state index in [0.717, 1.165) is 5.82 Å². The SMILES string of the molecule is Cn1ccnc1CC(O)COc1ccc(Cl)cc1. The van der Waals surface area contributed by atoms with Crippen LogP contribution in [-0.4, -0.2) is 27.4 Å². The molecule has 2 aromatic rings. The molecule has 5 heteroatoms. The van der Waals surface area contributed by atoms with Crippen LogP contribution in [0.15, 0.2) is 36.7 Å². The molecule has 0 spiro atoms. The van der Waals surface area contributed by atoms with Gasteiger partial charge in [-0.1, -0.05) is 11.6 Å². The molecule has 4 nitrogen and oxygen atoms in total. The lowest BCUT2D eigenvalue weighted by atomic mass is 10.2. The topological polar surface area (TPSA) is 47.3 Å². The highest BCUT2D eigenvalue weighted by Gasteiger charge is 2.09. The van der Waals surface area contributed by atoms with Crippen molar-refractivity contribution >= 4 is 11.6 Å². The van der Waals surface area contributed by atoms with E-state index in [0.29, 0.717) is 17.2 Å². The Bertz CT molecular complexity index is 496. The van der Waals surface area contributed by atoms with Crippen molar-refractivity contribution in [3.8, 4) is 5.75 Å². The number of aromatic nitrogens is 2. The summed E-state index contributed by atoms with van der Waals surface area (Å²) in [5.74, 6) is 1.53.